The maximum Gasteiger partial charge on any atom is 0.123 e. The van der Waals surface area contributed by atoms with Crippen molar-refractivity contribution < 1.29 is 0 Å². The molecule has 1 aromatic carbocycles. The Morgan fingerprint density at radius 3 is 2.31 bits per heavy atom. The first-order valence-corrected chi connectivity index (χ1v) is 6.23. The Balaban J connectivity index is 2.24. The fourth-order valence-corrected chi connectivity index (χ4v) is 2.15. The third kappa shape index (κ3) is 2.55. The third-order valence-electron chi connectivity index (χ3n) is 2.29. The van der Waals surface area contributed by atoms with Crippen LogP contribution in [-0.4, -0.2) is 10.7 Å². The molecule has 0 fully saturated rings. The van der Waals surface area contributed by atoms with Crippen molar-refractivity contribution in [2.45, 2.75) is 11.8 Å². The predicted octanol–water partition coefficient (Wildman–Crippen LogP) is 3.44. The van der Waals surface area contributed by atoms with Crippen molar-refractivity contribution in [3.05, 3.63) is 42.6 Å². The van der Waals surface area contributed by atoms with Crippen molar-refractivity contribution in [2.24, 2.45) is 0 Å². The lowest BCUT2D eigenvalue weighted by Gasteiger charge is -2.03. The topological polar surface area (TPSA) is 38.9 Å². The number of anilines is 1. The second kappa shape index (κ2) is 5.03. The molecule has 0 unspecified atom stereocenters. The molecule has 82 valence electrons. The predicted molar refractivity (Wildman–Crippen MR) is 70.5 cm³/mol. The zero-order valence-corrected chi connectivity index (χ0v) is 10.00. The number of benzene rings is 1. The molecule has 2 nitrogen and oxygen atoms in total. The normalized spacial score (nSPS) is 10.3. The summed E-state index contributed by atoms with van der Waals surface area (Å²) in [5.74, 6) is 1.66. The Kier molecular flexibility index (Phi) is 3.47. The van der Waals surface area contributed by atoms with Crippen LogP contribution in [0.1, 0.15) is 6.92 Å². The molecule has 2 aromatic rings. The second-order valence-corrected chi connectivity index (χ2v) is 4.77. The lowest BCUT2D eigenvalue weighted by atomic mass is 10.1. The number of hydrogen-bond donors (Lipinski definition) is 1. The Labute approximate surface area is 99.9 Å². The Hall–Kier alpha value is -1.48. The number of nitrogens with two attached hydrogens (primary N) is 1. The lowest BCUT2D eigenvalue weighted by molar-refractivity contribution is 1.33. The molecule has 2 rings (SSSR count). The first-order valence-electron chi connectivity index (χ1n) is 5.24. The molecule has 3 heteroatoms. The van der Waals surface area contributed by atoms with Gasteiger partial charge in [-0.25, -0.2) is 4.98 Å². The van der Waals surface area contributed by atoms with Gasteiger partial charge in [-0.05, 0) is 35.6 Å². The van der Waals surface area contributed by atoms with E-state index >= 15 is 0 Å². The zero-order valence-electron chi connectivity index (χ0n) is 9.18. The number of nitrogens with zero attached hydrogens (tertiary/aromatic N) is 1. The minimum absolute atomic E-state index is 0.557. The molecule has 1 aromatic heterocycles. The van der Waals surface area contributed by atoms with Gasteiger partial charge in [-0.2, -0.15) is 0 Å². The van der Waals surface area contributed by atoms with E-state index in [0.717, 1.165) is 11.3 Å². The molecule has 0 amide bonds. The van der Waals surface area contributed by atoms with E-state index in [-0.39, 0.29) is 0 Å². The highest BCUT2D eigenvalue weighted by molar-refractivity contribution is 7.99. The van der Waals surface area contributed by atoms with Gasteiger partial charge < -0.3 is 5.73 Å². The van der Waals surface area contributed by atoms with Crippen LogP contribution in [0, 0.1) is 0 Å². The number of aromatic nitrogens is 1. The van der Waals surface area contributed by atoms with Gasteiger partial charge in [0, 0.05) is 16.7 Å². The van der Waals surface area contributed by atoms with Gasteiger partial charge in [0.15, 0.2) is 0 Å². The molecule has 0 radical (unpaired) electrons. The Morgan fingerprint density at radius 1 is 1.06 bits per heavy atom. The summed E-state index contributed by atoms with van der Waals surface area (Å²) in [6, 6.07) is 12.3. The van der Waals surface area contributed by atoms with E-state index in [1.54, 1.807) is 6.20 Å². The minimum atomic E-state index is 0.557. The summed E-state index contributed by atoms with van der Waals surface area (Å²) in [6.07, 6.45) is 1.80. The molecule has 0 aliphatic heterocycles. The molecule has 0 bridgehead atoms. The van der Waals surface area contributed by atoms with Crippen LogP contribution in [-0.2, 0) is 0 Å². The quantitative estimate of drug-likeness (QED) is 0.821. The van der Waals surface area contributed by atoms with E-state index in [2.05, 4.69) is 36.2 Å². The van der Waals surface area contributed by atoms with Crippen molar-refractivity contribution in [3.8, 4) is 11.1 Å². The van der Waals surface area contributed by atoms with Gasteiger partial charge >= 0.3 is 0 Å². The number of thioether (sulfide) groups is 1. The van der Waals surface area contributed by atoms with Crippen LogP contribution in [0.15, 0.2) is 47.5 Å². The molecular weight excluding hydrogens is 216 g/mol. The van der Waals surface area contributed by atoms with E-state index in [1.165, 1.54) is 10.5 Å². The summed E-state index contributed by atoms with van der Waals surface area (Å²) >= 11 is 1.85. The molecule has 0 aliphatic carbocycles. The van der Waals surface area contributed by atoms with Gasteiger partial charge in [0.05, 0.1) is 0 Å². The highest BCUT2D eigenvalue weighted by Gasteiger charge is 1.98. The first kappa shape index (κ1) is 11.0. The minimum Gasteiger partial charge on any atom is -0.384 e. The van der Waals surface area contributed by atoms with E-state index in [0.29, 0.717) is 5.82 Å². The third-order valence-corrected chi connectivity index (χ3v) is 3.18. The monoisotopic (exact) mass is 230 g/mol. The lowest BCUT2D eigenvalue weighted by Crippen LogP contribution is -1.88. The van der Waals surface area contributed by atoms with E-state index in [9.17, 15) is 0 Å². The summed E-state index contributed by atoms with van der Waals surface area (Å²) in [6.45, 7) is 2.16. The van der Waals surface area contributed by atoms with Gasteiger partial charge in [0.25, 0.3) is 0 Å². The van der Waals surface area contributed by atoms with Crippen LogP contribution in [0.2, 0.25) is 0 Å². The zero-order chi connectivity index (χ0) is 11.4. The number of rotatable bonds is 3. The fraction of sp³-hybridized carbons (Fsp3) is 0.154. The highest BCUT2D eigenvalue weighted by Crippen LogP contribution is 2.23. The molecular formula is C13H14N2S. The Morgan fingerprint density at radius 2 is 1.75 bits per heavy atom. The molecule has 1 heterocycles. The van der Waals surface area contributed by atoms with Crippen molar-refractivity contribution in [2.75, 3.05) is 11.5 Å². The molecule has 0 spiro atoms. The van der Waals surface area contributed by atoms with Crippen LogP contribution in [0.3, 0.4) is 0 Å². The number of pyridine rings is 1. The highest BCUT2D eigenvalue weighted by atomic mass is 32.2. The smallest absolute Gasteiger partial charge is 0.123 e. The molecule has 0 saturated heterocycles. The molecule has 0 atom stereocenters. The van der Waals surface area contributed by atoms with E-state index in [4.69, 9.17) is 5.73 Å². The molecule has 0 saturated carbocycles. The van der Waals surface area contributed by atoms with E-state index < -0.39 is 0 Å². The first-order chi connectivity index (χ1) is 7.79. The summed E-state index contributed by atoms with van der Waals surface area (Å²) < 4.78 is 0. The van der Waals surface area contributed by atoms with Gasteiger partial charge in [0.2, 0.25) is 0 Å². The van der Waals surface area contributed by atoms with Crippen molar-refractivity contribution in [1.29, 1.82) is 0 Å². The molecule has 16 heavy (non-hydrogen) atoms. The summed E-state index contributed by atoms with van der Waals surface area (Å²) in [7, 11) is 0. The van der Waals surface area contributed by atoms with E-state index in [1.807, 2.05) is 23.9 Å². The number of hydrogen-bond acceptors (Lipinski definition) is 3. The maximum absolute atomic E-state index is 5.55. The van der Waals surface area contributed by atoms with Gasteiger partial charge in [0.1, 0.15) is 5.82 Å². The van der Waals surface area contributed by atoms with Crippen LogP contribution < -0.4 is 5.73 Å². The van der Waals surface area contributed by atoms with Crippen LogP contribution >= 0.6 is 11.8 Å². The average Bonchev–Trinajstić information content (AvgIpc) is 2.32. The van der Waals surface area contributed by atoms with Gasteiger partial charge in [-0.1, -0.05) is 19.1 Å². The van der Waals surface area contributed by atoms with Crippen LogP contribution in [0.25, 0.3) is 11.1 Å². The summed E-state index contributed by atoms with van der Waals surface area (Å²) in [5, 5.41) is 0. The average molecular weight is 230 g/mol. The second-order valence-electron chi connectivity index (χ2n) is 3.43. The maximum atomic E-state index is 5.55. The van der Waals surface area contributed by atoms with Gasteiger partial charge in [-0.3, -0.25) is 0 Å². The molecule has 0 aliphatic rings. The number of nitrogen functional groups attached to an aromatic ring is 1. The van der Waals surface area contributed by atoms with Crippen molar-refractivity contribution in [3.63, 3.8) is 0 Å². The van der Waals surface area contributed by atoms with Crippen LogP contribution in [0.5, 0.6) is 0 Å². The van der Waals surface area contributed by atoms with Crippen molar-refractivity contribution >= 4 is 17.6 Å². The largest absolute Gasteiger partial charge is 0.384 e. The SMILES string of the molecule is CCSc1ccc(-c2ccc(N)nc2)cc1. The molecule has 2 N–H and O–H groups in total. The fourth-order valence-electron chi connectivity index (χ4n) is 1.49. The standard InChI is InChI=1S/C13H14N2S/c1-2-16-12-6-3-10(4-7-12)11-5-8-13(14)15-9-11/h3-9H,2H2,1H3,(H2,14,15). The Bertz CT molecular complexity index is 448. The van der Waals surface area contributed by atoms with Gasteiger partial charge in [-0.15, -0.1) is 11.8 Å². The summed E-state index contributed by atoms with van der Waals surface area (Å²) in [4.78, 5) is 5.39. The van der Waals surface area contributed by atoms with Crippen LogP contribution in [0.4, 0.5) is 5.82 Å². The summed E-state index contributed by atoms with van der Waals surface area (Å²) in [5.41, 5.74) is 7.83. The van der Waals surface area contributed by atoms with Crippen molar-refractivity contribution in [1.82, 2.24) is 4.98 Å².